The number of benzene rings is 1. The summed E-state index contributed by atoms with van der Waals surface area (Å²) < 4.78 is 5.06. The monoisotopic (exact) mass is 274 g/mol. The van der Waals surface area contributed by atoms with Gasteiger partial charge in [-0.1, -0.05) is 30.3 Å². The summed E-state index contributed by atoms with van der Waals surface area (Å²) in [5, 5.41) is 2.18. The molecule has 2 rings (SSSR count). The van der Waals surface area contributed by atoms with Crippen LogP contribution in [0.2, 0.25) is 0 Å². The fraction of sp³-hybridized carbons (Fsp3) is 0.143. The molecule has 5 heteroatoms. The first-order valence-electron chi connectivity index (χ1n) is 5.86. The number of nitrogens with zero attached hydrogens (tertiary/aromatic N) is 1. The molecule has 2 aromatic rings. The molecule has 0 saturated heterocycles. The second-order valence-corrected chi connectivity index (χ2v) is 4.65. The molecule has 1 heterocycles. The number of carbonyl (C=O) groups is 1. The van der Waals surface area contributed by atoms with Crippen molar-refractivity contribution >= 4 is 34.1 Å². The summed E-state index contributed by atoms with van der Waals surface area (Å²) in [6.07, 6.45) is 1.76. The molecule has 98 valence electrons. The van der Waals surface area contributed by atoms with E-state index in [9.17, 15) is 4.79 Å². The maximum Gasteiger partial charge on any atom is 0.340 e. The van der Waals surface area contributed by atoms with Gasteiger partial charge < -0.3 is 10.5 Å². The van der Waals surface area contributed by atoms with E-state index in [-0.39, 0.29) is 0 Å². The van der Waals surface area contributed by atoms with E-state index in [1.54, 1.807) is 18.4 Å². The van der Waals surface area contributed by atoms with Gasteiger partial charge in [0.15, 0.2) is 5.13 Å². The summed E-state index contributed by atoms with van der Waals surface area (Å²) in [4.78, 5) is 16.1. The molecular weight excluding hydrogens is 260 g/mol. The van der Waals surface area contributed by atoms with Crippen LogP contribution < -0.4 is 5.73 Å². The first-order chi connectivity index (χ1) is 9.20. The molecule has 19 heavy (non-hydrogen) atoms. The average Bonchev–Trinajstić information content (AvgIpc) is 2.84. The Kier molecular flexibility index (Phi) is 4.30. The van der Waals surface area contributed by atoms with E-state index in [0.29, 0.717) is 23.0 Å². The number of hydrogen-bond donors (Lipinski definition) is 1. The lowest BCUT2D eigenvalue weighted by Crippen LogP contribution is -2.07. The van der Waals surface area contributed by atoms with Gasteiger partial charge in [0, 0.05) is 5.38 Å². The van der Waals surface area contributed by atoms with Gasteiger partial charge in [-0.05, 0) is 18.6 Å². The number of aromatic nitrogens is 1. The van der Waals surface area contributed by atoms with Gasteiger partial charge in [0.25, 0.3) is 0 Å². The first kappa shape index (κ1) is 13.3. The summed E-state index contributed by atoms with van der Waals surface area (Å²) in [6.45, 7) is 2.10. The second kappa shape index (κ2) is 6.15. The van der Waals surface area contributed by atoms with Crippen LogP contribution in [-0.4, -0.2) is 17.6 Å². The molecule has 0 aliphatic carbocycles. The van der Waals surface area contributed by atoms with Gasteiger partial charge in [-0.2, -0.15) is 0 Å². The van der Waals surface area contributed by atoms with Crippen molar-refractivity contribution in [3.8, 4) is 0 Å². The van der Waals surface area contributed by atoms with Crippen molar-refractivity contribution in [2.24, 2.45) is 0 Å². The van der Waals surface area contributed by atoms with Crippen LogP contribution in [0.4, 0.5) is 5.13 Å². The van der Waals surface area contributed by atoms with Crippen molar-refractivity contribution in [2.75, 3.05) is 12.3 Å². The Morgan fingerprint density at radius 3 is 2.74 bits per heavy atom. The van der Waals surface area contributed by atoms with Gasteiger partial charge in [0.05, 0.1) is 17.9 Å². The number of carbonyl (C=O) groups excluding carboxylic acids is 1. The number of anilines is 1. The van der Waals surface area contributed by atoms with Crippen molar-refractivity contribution < 1.29 is 9.53 Å². The lowest BCUT2D eigenvalue weighted by atomic mass is 10.1. The number of thiazole rings is 1. The van der Waals surface area contributed by atoms with Gasteiger partial charge in [0.2, 0.25) is 0 Å². The van der Waals surface area contributed by atoms with Crippen LogP contribution in [-0.2, 0) is 9.53 Å². The fourth-order valence-corrected chi connectivity index (χ4v) is 2.14. The van der Waals surface area contributed by atoms with E-state index in [0.717, 1.165) is 5.56 Å². The molecule has 0 unspecified atom stereocenters. The molecule has 0 atom stereocenters. The van der Waals surface area contributed by atoms with Gasteiger partial charge in [0.1, 0.15) is 0 Å². The highest BCUT2D eigenvalue weighted by atomic mass is 32.1. The standard InChI is InChI=1S/C14H14N2O2S/c1-2-18-13(17)11(12-9-19-14(15)16-12)8-10-6-4-3-5-7-10/h3-9H,2H2,1H3,(H2,15,16). The molecule has 0 aliphatic rings. The zero-order chi connectivity index (χ0) is 13.7. The van der Waals surface area contributed by atoms with Crippen molar-refractivity contribution in [2.45, 2.75) is 6.92 Å². The van der Waals surface area contributed by atoms with Crippen molar-refractivity contribution in [3.63, 3.8) is 0 Å². The summed E-state index contributed by atoms with van der Waals surface area (Å²) in [7, 11) is 0. The predicted octanol–water partition coefficient (Wildman–Crippen LogP) is 2.83. The number of nitrogen functional groups attached to an aromatic ring is 1. The Hall–Kier alpha value is -2.14. The Labute approximate surface area is 115 Å². The normalized spacial score (nSPS) is 11.3. The van der Waals surface area contributed by atoms with Crippen LogP contribution >= 0.6 is 11.3 Å². The minimum absolute atomic E-state index is 0.324. The number of hydrogen-bond acceptors (Lipinski definition) is 5. The highest BCUT2D eigenvalue weighted by molar-refractivity contribution is 7.13. The van der Waals surface area contributed by atoms with Crippen LogP contribution in [0.3, 0.4) is 0 Å². The van der Waals surface area contributed by atoms with Crippen LogP contribution in [0.5, 0.6) is 0 Å². The highest BCUT2D eigenvalue weighted by Gasteiger charge is 2.16. The molecule has 0 bridgehead atoms. The first-order valence-corrected chi connectivity index (χ1v) is 6.74. The van der Waals surface area contributed by atoms with Crippen molar-refractivity contribution in [1.29, 1.82) is 0 Å². The van der Waals surface area contributed by atoms with Crippen LogP contribution in [0.1, 0.15) is 18.2 Å². The third kappa shape index (κ3) is 3.42. The highest BCUT2D eigenvalue weighted by Crippen LogP contribution is 2.23. The number of ether oxygens (including phenoxy) is 1. The minimum Gasteiger partial charge on any atom is -0.462 e. The van der Waals surface area contributed by atoms with Gasteiger partial charge in [-0.15, -0.1) is 11.3 Å². The maximum absolute atomic E-state index is 12.0. The van der Waals surface area contributed by atoms with E-state index in [1.165, 1.54) is 11.3 Å². The Bertz CT molecular complexity index is 591. The molecule has 1 aromatic carbocycles. The van der Waals surface area contributed by atoms with Crippen LogP contribution in [0.15, 0.2) is 35.7 Å². The van der Waals surface area contributed by atoms with E-state index in [4.69, 9.17) is 10.5 Å². The molecule has 0 radical (unpaired) electrons. The molecule has 0 saturated carbocycles. The largest absolute Gasteiger partial charge is 0.462 e. The van der Waals surface area contributed by atoms with E-state index >= 15 is 0 Å². The fourth-order valence-electron chi connectivity index (χ4n) is 1.57. The topological polar surface area (TPSA) is 65.2 Å². The third-order valence-corrected chi connectivity index (χ3v) is 3.08. The molecule has 2 N–H and O–H groups in total. The molecule has 0 aliphatic heterocycles. The number of nitrogens with two attached hydrogens (primary N) is 1. The average molecular weight is 274 g/mol. The zero-order valence-electron chi connectivity index (χ0n) is 10.5. The Morgan fingerprint density at radius 1 is 1.42 bits per heavy atom. The molecular formula is C14H14N2O2S. The number of rotatable bonds is 4. The predicted molar refractivity (Wildman–Crippen MR) is 77.5 cm³/mol. The SMILES string of the molecule is CCOC(=O)C(=Cc1ccccc1)c1csc(N)n1. The summed E-state index contributed by atoms with van der Waals surface area (Å²) in [5.41, 5.74) is 7.49. The second-order valence-electron chi connectivity index (χ2n) is 3.76. The van der Waals surface area contributed by atoms with E-state index in [1.807, 2.05) is 30.3 Å². The van der Waals surface area contributed by atoms with E-state index < -0.39 is 5.97 Å². The van der Waals surface area contributed by atoms with Gasteiger partial charge >= 0.3 is 5.97 Å². The summed E-state index contributed by atoms with van der Waals surface area (Å²) in [6, 6.07) is 9.56. The lowest BCUT2D eigenvalue weighted by molar-refractivity contribution is -0.136. The van der Waals surface area contributed by atoms with E-state index in [2.05, 4.69) is 4.98 Å². The Balaban J connectivity index is 2.40. The van der Waals surface area contributed by atoms with Gasteiger partial charge in [-0.25, -0.2) is 9.78 Å². The molecule has 0 amide bonds. The quantitative estimate of drug-likeness (QED) is 0.687. The minimum atomic E-state index is -0.392. The molecule has 1 aromatic heterocycles. The zero-order valence-corrected chi connectivity index (χ0v) is 11.3. The smallest absolute Gasteiger partial charge is 0.340 e. The number of esters is 1. The summed E-state index contributed by atoms with van der Waals surface area (Å²) in [5.74, 6) is -0.392. The van der Waals surface area contributed by atoms with Crippen LogP contribution in [0.25, 0.3) is 11.6 Å². The van der Waals surface area contributed by atoms with Crippen molar-refractivity contribution in [3.05, 3.63) is 47.0 Å². The van der Waals surface area contributed by atoms with Crippen LogP contribution in [0, 0.1) is 0 Å². The molecule has 0 spiro atoms. The third-order valence-electron chi connectivity index (χ3n) is 2.40. The van der Waals surface area contributed by atoms with Gasteiger partial charge in [-0.3, -0.25) is 0 Å². The maximum atomic E-state index is 12.0. The molecule has 0 fully saturated rings. The summed E-state index contributed by atoms with van der Waals surface area (Å²) >= 11 is 1.30. The van der Waals surface area contributed by atoms with Crippen molar-refractivity contribution in [1.82, 2.24) is 4.98 Å². The Morgan fingerprint density at radius 2 is 2.16 bits per heavy atom. The molecule has 4 nitrogen and oxygen atoms in total. The lowest BCUT2D eigenvalue weighted by Gasteiger charge is -2.04.